The van der Waals surface area contributed by atoms with Crippen LogP contribution in [-0.4, -0.2) is 32.2 Å². The van der Waals surface area contributed by atoms with E-state index in [0.29, 0.717) is 5.65 Å². The smallest absolute Gasteiger partial charge is 0.224 e. The topological polar surface area (TPSA) is 96.6 Å². The number of nitrogens with one attached hydrogen (secondary N) is 1. The first-order valence-electron chi connectivity index (χ1n) is 5.72. The molecule has 0 unspecified atom stereocenters. The number of aryl methyl sites for hydroxylation is 1. The predicted molar refractivity (Wildman–Crippen MR) is 75.1 cm³/mol. The van der Waals surface area contributed by atoms with E-state index < -0.39 is 0 Å². The van der Waals surface area contributed by atoms with Crippen molar-refractivity contribution >= 4 is 34.1 Å². The Morgan fingerprint density at radius 1 is 1.42 bits per heavy atom. The quantitative estimate of drug-likeness (QED) is 0.748. The molecule has 0 radical (unpaired) electrons. The van der Waals surface area contributed by atoms with Crippen molar-refractivity contribution in [2.24, 2.45) is 0 Å². The summed E-state index contributed by atoms with van der Waals surface area (Å²) in [7, 11) is 1.97. The summed E-state index contributed by atoms with van der Waals surface area (Å²) in [6, 6.07) is 0. The highest BCUT2D eigenvalue weighted by Gasteiger charge is 2.14. The summed E-state index contributed by atoms with van der Waals surface area (Å²) in [6.45, 7) is 2.73. The molecule has 0 aliphatic heterocycles. The van der Waals surface area contributed by atoms with Gasteiger partial charge in [-0.2, -0.15) is 15.1 Å². The molecular formula is C11H13N7S. The number of fused-ring (bicyclic) bond motifs is 1. The molecule has 0 atom stereocenters. The number of rotatable bonds is 3. The first-order chi connectivity index (χ1) is 9.15. The third-order valence-electron chi connectivity index (χ3n) is 2.89. The van der Waals surface area contributed by atoms with Gasteiger partial charge in [0.15, 0.2) is 5.65 Å². The second-order valence-electron chi connectivity index (χ2n) is 4.25. The Balaban J connectivity index is 1.99. The molecule has 0 aliphatic carbocycles. The zero-order valence-corrected chi connectivity index (χ0v) is 11.4. The minimum absolute atomic E-state index is 0.236. The van der Waals surface area contributed by atoms with Crippen LogP contribution in [0.25, 0.3) is 11.0 Å². The molecule has 0 aromatic carbocycles. The molecule has 0 aliphatic rings. The number of thiazole rings is 1. The van der Waals surface area contributed by atoms with E-state index in [4.69, 9.17) is 5.73 Å². The lowest BCUT2D eigenvalue weighted by atomic mass is 10.3. The number of hydrogen-bond donors (Lipinski definition) is 2. The number of hydrogen-bond acceptors (Lipinski definition) is 7. The Bertz CT molecular complexity index is 717. The van der Waals surface area contributed by atoms with Gasteiger partial charge in [0, 0.05) is 11.9 Å². The zero-order chi connectivity index (χ0) is 13.4. The fourth-order valence-electron chi connectivity index (χ4n) is 1.90. The summed E-state index contributed by atoms with van der Waals surface area (Å²) in [5.41, 5.74) is 9.26. The third kappa shape index (κ3) is 2.10. The van der Waals surface area contributed by atoms with Crippen molar-refractivity contribution in [3.05, 3.63) is 22.3 Å². The fourth-order valence-corrected chi connectivity index (χ4v) is 2.73. The number of nitrogen functional groups attached to an aromatic ring is 1. The lowest BCUT2D eigenvalue weighted by Gasteiger charge is -2.18. The van der Waals surface area contributed by atoms with Crippen LogP contribution in [0.1, 0.15) is 10.6 Å². The predicted octanol–water partition coefficient (Wildman–Crippen LogP) is 1.34. The first-order valence-corrected chi connectivity index (χ1v) is 6.60. The van der Waals surface area contributed by atoms with Gasteiger partial charge >= 0.3 is 0 Å². The van der Waals surface area contributed by atoms with Crippen LogP contribution in [0.2, 0.25) is 0 Å². The van der Waals surface area contributed by atoms with Crippen molar-refractivity contribution in [1.29, 1.82) is 0 Å². The minimum atomic E-state index is 0.236. The number of aromatic nitrogens is 5. The number of nitrogens with zero attached hydrogens (tertiary/aromatic N) is 5. The molecule has 0 amide bonds. The van der Waals surface area contributed by atoms with Crippen molar-refractivity contribution in [3.8, 4) is 0 Å². The van der Waals surface area contributed by atoms with Gasteiger partial charge in [0.1, 0.15) is 5.82 Å². The molecule has 0 fully saturated rings. The molecule has 3 heterocycles. The molecule has 98 valence electrons. The van der Waals surface area contributed by atoms with Gasteiger partial charge in [-0.3, -0.25) is 5.10 Å². The molecule has 7 nitrogen and oxygen atoms in total. The van der Waals surface area contributed by atoms with E-state index in [1.807, 2.05) is 24.4 Å². The van der Waals surface area contributed by atoms with Gasteiger partial charge in [0.25, 0.3) is 0 Å². The van der Waals surface area contributed by atoms with Crippen LogP contribution in [-0.2, 0) is 6.54 Å². The van der Waals surface area contributed by atoms with E-state index in [0.717, 1.165) is 23.4 Å². The van der Waals surface area contributed by atoms with Crippen molar-refractivity contribution in [2.45, 2.75) is 13.5 Å². The van der Waals surface area contributed by atoms with Crippen LogP contribution in [0.15, 0.2) is 11.7 Å². The Morgan fingerprint density at radius 2 is 2.26 bits per heavy atom. The lowest BCUT2D eigenvalue weighted by molar-refractivity contribution is 0.905. The Kier molecular flexibility index (Phi) is 2.79. The molecule has 0 saturated heterocycles. The fraction of sp³-hybridized carbons (Fsp3) is 0.273. The first kappa shape index (κ1) is 11.8. The van der Waals surface area contributed by atoms with Gasteiger partial charge < -0.3 is 10.6 Å². The summed E-state index contributed by atoms with van der Waals surface area (Å²) in [5.74, 6) is 1.00. The Hall–Kier alpha value is -2.22. The maximum absolute atomic E-state index is 5.72. The summed E-state index contributed by atoms with van der Waals surface area (Å²) < 4.78 is 0. The maximum atomic E-state index is 5.72. The van der Waals surface area contributed by atoms with Gasteiger partial charge in [0.05, 0.1) is 29.3 Å². The van der Waals surface area contributed by atoms with E-state index in [1.54, 1.807) is 17.5 Å². The number of nitrogens with two attached hydrogens (primary N) is 1. The number of anilines is 2. The normalized spacial score (nSPS) is 11.1. The lowest BCUT2D eigenvalue weighted by Crippen LogP contribution is -2.18. The molecule has 19 heavy (non-hydrogen) atoms. The SMILES string of the molecule is Cc1ncsc1CN(C)c1nc(N)nc2[nH]ncc12. The van der Waals surface area contributed by atoms with Crippen LogP contribution >= 0.6 is 11.3 Å². The van der Waals surface area contributed by atoms with Crippen molar-refractivity contribution in [3.63, 3.8) is 0 Å². The molecule has 3 rings (SSSR count). The van der Waals surface area contributed by atoms with Crippen molar-refractivity contribution in [2.75, 3.05) is 17.7 Å². The van der Waals surface area contributed by atoms with Crippen LogP contribution in [0.4, 0.5) is 11.8 Å². The summed E-state index contributed by atoms with van der Waals surface area (Å²) in [4.78, 5) is 15.9. The maximum Gasteiger partial charge on any atom is 0.224 e. The minimum Gasteiger partial charge on any atom is -0.368 e. The van der Waals surface area contributed by atoms with Crippen molar-refractivity contribution < 1.29 is 0 Å². The van der Waals surface area contributed by atoms with E-state index in [1.165, 1.54) is 4.88 Å². The van der Waals surface area contributed by atoms with Crippen LogP contribution in [0.5, 0.6) is 0 Å². The molecule has 3 aromatic heterocycles. The largest absolute Gasteiger partial charge is 0.368 e. The Labute approximate surface area is 113 Å². The monoisotopic (exact) mass is 275 g/mol. The molecular weight excluding hydrogens is 262 g/mol. The molecule has 0 saturated carbocycles. The van der Waals surface area contributed by atoms with Crippen LogP contribution < -0.4 is 10.6 Å². The van der Waals surface area contributed by atoms with Crippen molar-refractivity contribution in [1.82, 2.24) is 25.1 Å². The third-order valence-corrected chi connectivity index (χ3v) is 3.81. The molecule has 3 N–H and O–H groups in total. The van der Waals surface area contributed by atoms with Gasteiger partial charge in [-0.1, -0.05) is 0 Å². The standard InChI is InChI=1S/C11H13N7S/c1-6-8(19-5-13-6)4-18(2)10-7-3-14-17-9(7)15-11(12)16-10/h3,5H,4H2,1-2H3,(H3,12,14,15,16,17). The van der Waals surface area contributed by atoms with Crippen LogP contribution in [0.3, 0.4) is 0 Å². The van der Waals surface area contributed by atoms with Gasteiger partial charge in [-0.05, 0) is 6.92 Å². The average Bonchev–Trinajstić information content (AvgIpc) is 2.98. The van der Waals surface area contributed by atoms with E-state index in [9.17, 15) is 0 Å². The average molecular weight is 275 g/mol. The summed E-state index contributed by atoms with van der Waals surface area (Å²) in [5, 5.41) is 7.65. The highest BCUT2D eigenvalue weighted by Crippen LogP contribution is 2.24. The summed E-state index contributed by atoms with van der Waals surface area (Å²) >= 11 is 1.63. The highest BCUT2D eigenvalue weighted by molar-refractivity contribution is 7.09. The van der Waals surface area contributed by atoms with Gasteiger partial charge in [-0.15, -0.1) is 11.3 Å². The number of aromatic amines is 1. The van der Waals surface area contributed by atoms with E-state index in [-0.39, 0.29) is 5.95 Å². The van der Waals surface area contributed by atoms with Crippen LogP contribution in [0, 0.1) is 6.92 Å². The molecule has 0 spiro atoms. The van der Waals surface area contributed by atoms with Gasteiger partial charge in [-0.25, -0.2) is 4.98 Å². The van der Waals surface area contributed by atoms with E-state index >= 15 is 0 Å². The second-order valence-corrected chi connectivity index (χ2v) is 5.19. The molecule has 8 heteroatoms. The summed E-state index contributed by atoms with van der Waals surface area (Å²) in [6.07, 6.45) is 1.71. The van der Waals surface area contributed by atoms with Gasteiger partial charge in [0.2, 0.25) is 5.95 Å². The highest BCUT2D eigenvalue weighted by atomic mass is 32.1. The van der Waals surface area contributed by atoms with E-state index in [2.05, 4.69) is 25.1 Å². The molecule has 0 bridgehead atoms. The zero-order valence-electron chi connectivity index (χ0n) is 10.6. The molecule has 3 aromatic rings. The number of H-pyrrole nitrogens is 1. The second kappa shape index (κ2) is 4.47. The Morgan fingerprint density at radius 3 is 3.00 bits per heavy atom.